The maximum absolute atomic E-state index is 12.7. The Bertz CT molecular complexity index is 737. The number of hydrogen-bond donors (Lipinski definition) is 1. The van der Waals surface area contributed by atoms with Gasteiger partial charge in [-0.05, 0) is 30.9 Å². The van der Waals surface area contributed by atoms with E-state index in [4.69, 9.17) is 4.74 Å². The number of benzene rings is 1. The average Bonchev–Trinajstić information content (AvgIpc) is 3.00. The van der Waals surface area contributed by atoms with Gasteiger partial charge in [0.25, 0.3) is 0 Å². The number of nitrogens with one attached hydrogen (secondary N) is 1. The molecule has 0 spiro atoms. The highest BCUT2D eigenvalue weighted by molar-refractivity contribution is 7.89. The summed E-state index contributed by atoms with van der Waals surface area (Å²) in [7, 11) is -1.72. The van der Waals surface area contributed by atoms with Crippen LogP contribution >= 0.6 is 0 Å². The molecule has 1 N–H and O–H groups in total. The van der Waals surface area contributed by atoms with Crippen LogP contribution in [-0.2, 0) is 21.8 Å². The summed E-state index contributed by atoms with van der Waals surface area (Å²) in [5.74, 6) is 0.903. The van der Waals surface area contributed by atoms with Crippen molar-refractivity contribution in [3.63, 3.8) is 0 Å². The highest BCUT2D eigenvalue weighted by Gasteiger charge is 2.32. The number of aromatic nitrogens is 2. The predicted molar refractivity (Wildman–Crippen MR) is 86.3 cm³/mol. The number of sulfonamides is 1. The van der Waals surface area contributed by atoms with Crippen molar-refractivity contribution in [3.05, 3.63) is 48.5 Å². The van der Waals surface area contributed by atoms with Crippen molar-refractivity contribution in [3.8, 4) is 0 Å². The quantitative estimate of drug-likeness (QED) is 0.905. The summed E-state index contributed by atoms with van der Waals surface area (Å²) in [5.41, 5.74) is 0. The monoisotopic (exact) mass is 335 g/mol. The summed E-state index contributed by atoms with van der Waals surface area (Å²) in [6.07, 6.45) is 5.15. The molecule has 0 radical (unpaired) electrons. The Morgan fingerprint density at radius 2 is 1.96 bits per heavy atom. The first-order valence-corrected chi connectivity index (χ1v) is 9.18. The van der Waals surface area contributed by atoms with Gasteiger partial charge in [0.1, 0.15) is 5.82 Å². The van der Waals surface area contributed by atoms with Crippen LogP contribution in [0, 0.1) is 5.92 Å². The minimum Gasteiger partial charge on any atom is -0.381 e. The minimum absolute atomic E-state index is 0.170. The molecule has 0 bridgehead atoms. The molecule has 0 aliphatic carbocycles. The molecule has 1 aromatic carbocycles. The molecule has 1 aliphatic heterocycles. The summed E-state index contributed by atoms with van der Waals surface area (Å²) < 4.78 is 35.6. The molecule has 23 heavy (non-hydrogen) atoms. The molecule has 1 unspecified atom stereocenters. The van der Waals surface area contributed by atoms with Crippen molar-refractivity contribution in [2.24, 2.45) is 13.0 Å². The van der Waals surface area contributed by atoms with Gasteiger partial charge < -0.3 is 9.30 Å². The van der Waals surface area contributed by atoms with Crippen molar-refractivity contribution in [1.29, 1.82) is 0 Å². The number of ether oxygens (including phenoxy) is 1. The first-order valence-electron chi connectivity index (χ1n) is 7.70. The predicted octanol–water partition coefficient (Wildman–Crippen LogP) is 1.87. The van der Waals surface area contributed by atoms with Crippen molar-refractivity contribution in [1.82, 2.24) is 14.3 Å². The molecule has 2 aromatic rings. The van der Waals surface area contributed by atoms with E-state index in [9.17, 15) is 8.42 Å². The van der Waals surface area contributed by atoms with E-state index in [1.807, 2.05) is 17.8 Å². The molecule has 6 nitrogen and oxygen atoms in total. The first-order chi connectivity index (χ1) is 11.1. The van der Waals surface area contributed by atoms with Crippen LogP contribution in [0.5, 0.6) is 0 Å². The molecule has 0 saturated carbocycles. The van der Waals surface area contributed by atoms with Crippen LogP contribution in [0.15, 0.2) is 47.6 Å². The van der Waals surface area contributed by atoms with Gasteiger partial charge in [0.05, 0.1) is 10.9 Å². The molecular formula is C16H21N3O3S. The molecule has 1 atom stereocenters. The summed E-state index contributed by atoms with van der Waals surface area (Å²) in [4.78, 5) is 4.63. The highest BCUT2D eigenvalue weighted by atomic mass is 32.2. The topological polar surface area (TPSA) is 73.2 Å². The lowest BCUT2D eigenvalue weighted by Crippen LogP contribution is -2.37. The van der Waals surface area contributed by atoms with E-state index >= 15 is 0 Å². The fourth-order valence-electron chi connectivity index (χ4n) is 2.92. The maximum Gasteiger partial charge on any atom is 0.241 e. The molecule has 1 aliphatic rings. The molecule has 2 heterocycles. The lowest BCUT2D eigenvalue weighted by molar-refractivity contribution is 0.0551. The van der Waals surface area contributed by atoms with Crippen LogP contribution in [0.2, 0.25) is 0 Å². The van der Waals surface area contributed by atoms with Crippen molar-refractivity contribution < 1.29 is 13.2 Å². The Morgan fingerprint density at radius 1 is 1.26 bits per heavy atom. The third kappa shape index (κ3) is 3.63. The second kappa shape index (κ2) is 6.82. The fourth-order valence-corrected chi connectivity index (χ4v) is 4.20. The van der Waals surface area contributed by atoms with E-state index in [0.29, 0.717) is 13.2 Å². The Balaban J connectivity index is 1.91. The Morgan fingerprint density at radius 3 is 2.57 bits per heavy atom. The maximum atomic E-state index is 12.7. The van der Waals surface area contributed by atoms with Crippen LogP contribution in [0.3, 0.4) is 0 Å². The van der Waals surface area contributed by atoms with Crippen LogP contribution in [0.1, 0.15) is 24.7 Å². The van der Waals surface area contributed by atoms with Gasteiger partial charge in [-0.25, -0.2) is 18.1 Å². The minimum atomic E-state index is -3.60. The Kier molecular flexibility index (Phi) is 4.79. The molecule has 0 amide bonds. The lowest BCUT2D eigenvalue weighted by atomic mass is 9.92. The van der Waals surface area contributed by atoms with E-state index < -0.39 is 10.0 Å². The molecule has 124 valence electrons. The van der Waals surface area contributed by atoms with Gasteiger partial charge in [0.2, 0.25) is 10.0 Å². The van der Waals surface area contributed by atoms with E-state index in [-0.39, 0.29) is 16.9 Å². The average molecular weight is 335 g/mol. The highest BCUT2D eigenvalue weighted by Crippen LogP contribution is 2.30. The molecule has 7 heteroatoms. The van der Waals surface area contributed by atoms with Gasteiger partial charge in [-0.2, -0.15) is 0 Å². The number of aryl methyl sites for hydroxylation is 1. The zero-order chi connectivity index (χ0) is 16.3. The van der Waals surface area contributed by atoms with Crippen molar-refractivity contribution in [2.45, 2.75) is 23.8 Å². The van der Waals surface area contributed by atoms with Crippen LogP contribution in [0.25, 0.3) is 0 Å². The van der Waals surface area contributed by atoms with Gasteiger partial charge in [-0.1, -0.05) is 18.2 Å². The number of nitrogens with zero attached hydrogens (tertiary/aromatic N) is 2. The number of imidazole rings is 1. The van der Waals surface area contributed by atoms with Gasteiger partial charge >= 0.3 is 0 Å². The van der Waals surface area contributed by atoms with Gasteiger partial charge in [0, 0.05) is 32.7 Å². The van der Waals surface area contributed by atoms with E-state index in [2.05, 4.69) is 9.71 Å². The zero-order valence-corrected chi connectivity index (χ0v) is 13.9. The molecular weight excluding hydrogens is 314 g/mol. The Hall–Kier alpha value is -1.70. The van der Waals surface area contributed by atoms with Crippen LogP contribution in [-0.4, -0.2) is 31.2 Å². The summed E-state index contributed by atoms with van der Waals surface area (Å²) in [6.45, 7) is 1.30. The Labute approximate surface area is 136 Å². The fraction of sp³-hybridized carbons (Fsp3) is 0.438. The molecule has 1 aromatic heterocycles. The largest absolute Gasteiger partial charge is 0.381 e. The SMILES string of the molecule is Cn1ccnc1C(NS(=O)(=O)c1ccccc1)C1CCOCC1. The summed E-state index contributed by atoms with van der Waals surface area (Å²) in [5, 5.41) is 0. The molecule has 1 saturated heterocycles. The second-order valence-electron chi connectivity index (χ2n) is 5.76. The number of rotatable bonds is 5. The van der Waals surface area contributed by atoms with Gasteiger partial charge in [-0.3, -0.25) is 0 Å². The van der Waals surface area contributed by atoms with Crippen LogP contribution in [0.4, 0.5) is 0 Å². The van der Waals surface area contributed by atoms with Crippen LogP contribution < -0.4 is 4.72 Å². The van der Waals surface area contributed by atoms with Crippen molar-refractivity contribution >= 4 is 10.0 Å². The smallest absolute Gasteiger partial charge is 0.241 e. The third-order valence-electron chi connectivity index (χ3n) is 4.21. The van der Waals surface area contributed by atoms with E-state index in [1.165, 1.54) is 0 Å². The van der Waals surface area contributed by atoms with Gasteiger partial charge in [-0.15, -0.1) is 0 Å². The second-order valence-corrected chi connectivity index (χ2v) is 7.47. The molecule has 1 fully saturated rings. The standard InChI is InChI=1S/C16H21N3O3S/c1-19-10-9-17-16(19)15(13-7-11-22-12-8-13)18-23(20,21)14-5-3-2-4-6-14/h2-6,9-10,13,15,18H,7-8,11-12H2,1H3. The summed E-state index contributed by atoms with van der Waals surface area (Å²) in [6, 6.07) is 8.08. The lowest BCUT2D eigenvalue weighted by Gasteiger charge is -2.30. The van der Waals surface area contributed by atoms with Crippen molar-refractivity contribution in [2.75, 3.05) is 13.2 Å². The number of hydrogen-bond acceptors (Lipinski definition) is 4. The first kappa shape index (κ1) is 16.2. The van der Waals surface area contributed by atoms with Gasteiger partial charge in [0.15, 0.2) is 0 Å². The summed E-state index contributed by atoms with van der Waals surface area (Å²) >= 11 is 0. The normalized spacial score (nSPS) is 18.0. The van der Waals surface area contributed by atoms with E-state index in [1.54, 1.807) is 36.5 Å². The third-order valence-corrected chi connectivity index (χ3v) is 5.67. The van der Waals surface area contributed by atoms with E-state index in [0.717, 1.165) is 18.7 Å². The zero-order valence-electron chi connectivity index (χ0n) is 13.1. The molecule has 3 rings (SSSR count).